The number of pyridine rings is 1. The topological polar surface area (TPSA) is 12.9 Å². The van der Waals surface area contributed by atoms with Gasteiger partial charge in [-0.1, -0.05) is 70.2 Å². The number of rotatable bonds is 5. The van der Waals surface area contributed by atoms with Crippen LogP contribution < -0.4 is 0 Å². The van der Waals surface area contributed by atoms with Crippen molar-refractivity contribution >= 4 is 11.1 Å². The van der Waals surface area contributed by atoms with Gasteiger partial charge in [0.15, 0.2) is 0 Å². The number of hydrogen-bond donors (Lipinski definition) is 0. The molecule has 0 unspecified atom stereocenters. The molecule has 0 atom stereocenters. The summed E-state index contributed by atoms with van der Waals surface area (Å²) in [6.07, 6.45) is 9.30. The van der Waals surface area contributed by atoms with E-state index in [0.29, 0.717) is 0 Å². The Labute approximate surface area is 136 Å². The lowest BCUT2D eigenvalue weighted by Crippen LogP contribution is -2.09. The third-order valence-corrected chi connectivity index (χ3v) is 3.80. The molecule has 1 aromatic rings. The minimum absolute atomic E-state index is 0.0239. The van der Waals surface area contributed by atoms with Crippen LogP contribution in [0, 0.1) is 5.41 Å². The van der Waals surface area contributed by atoms with Crippen LogP contribution in [0.25, 0.3) is 11.1 Å². The van der Waals surface area contributed by atoms with Crippen LogP contribution in [-0.2, 0) is 0 Å². The van der Waals surface area contributed by atoms with Crippen LogP contribution in [0.4, 0.5) is 0 Å². The molecular formula is C21H29N. The average Bonchev–Trinajstić information content (AvgIpc) is 2.49. The molecule has 0 aliphatic rings. The Morgan fingerprint density at radius 1 is 1.18 bits per heavy atom. The number of nitrogens with zero attached hydrogens (tertiary/aromatic N) is 1. The minimum Gasteiger partial charge on any atom is -0.248 e. The van der Waals surface area contributed by atoms with Gasteiger partial charge in [-0.15, -0.1) is 0 Å². The summed E-state index contributed by atoms with van der Waals surface area (Å²) in [5.41, 5.74) is 5.63. The summed E-state index contributed by atoms with van der Waals surface area (Å²) in [5.74, 6) is 0. The summed E-state index contributed by atoms with van der Waals surface area (Å²) in [6, 6.07) is 6.20. The minimum atomic E-state index is 0.0239. The van der Waals surface area contributed by atoms with Crippen molar-refractivity contribution in [3.05, 3.63) is 66.0 Å². The van der Waals surface area contributed by atoms with Crippen molar-refractivity contribution in [1.29, 1.82) is 0 Å². The number of aromatic nitrogens is 1. The molecule has 0 saturated heterocycles. The van der Waals surface area contributed by atoms with Gasteiger partial charge in [-0.05, 0) is 49.0 Å². The lowest BCUT2D eigenvalue weighted by atomic mass is 9.85. The second-order valence-electron chi connectivity index (χ2n) is 6.57. The van der Waals surface area contributed by atoms with Gasteiger partial charge in [0.25, 0.3) is 0 Å². The van der Waals surface area contributed by atoms with Crippen molar-refractivity contribution < 1.29 is 0 Å². The first kappa shape index (κ1) is 18.2. The third kappa shape index (κ3) is 4.84. The predicted octanol–water partition coefficient (Wildman–Crippen LogP) is 6.46. The molecule has 0 spiro atoms. The molecule has 0 N–H and O–H groups in total. The Hall–Kier alpha value is -1.89. The fourth-order valence-corrected chi connectivity index (χ4v) is 2.04. The van der Waals surface area contributed by atoms with E-state index in [4.69, 9.17) is 4.98 Å². The molecule has 1 heterocycles. The monoisotopic (exact) mass is 295 g/mol. The van der Waals surface area contributed by atoms with E-state index < -0.39 is 0 Å². The van der Waals surface area contributed by atoms with E-state index in [1.165, 1.54) is 11.1 Å². The molecular weight excluding hydrogens is 266 g/mol. The second-order valence-corrected chi connectivity index (χ2v) is 6.57. The Morgan fingerprint density at radius 3 is 2.36 bits per heavy atom. The molecule has 0 aromatic carbocycles. The summed E-state index contributed by atoms with van der Waals surface area (Å²) in [5, 5.41) is 0. The Bertz CT molecular complexity index is 607. The molecule has 22 heavy (non-hydrogen) atoms. The molecule has 0 aliphatic heterocycles. The second kappa shape index (κ2) is 7.93. The van der Waals surface area contributed by atoms with Crippen molar-refractivity contribution in [2.24, 2.45) is 5.41 Å². The predicted molar refractivity (Wildman–Crippen MR) is 99.6 cm³/mol. The first-order chi connectivity index (χ1) is 10.3. The maximum Gasteiger partial charge on any atom is 0.0708 e. The van der Waals surface area contributed by atoms with E-state index in [0.717, 1.165) is 23.4 Å². The van der Waals surface area contributed by atoms with Gasteiger partial charge in [-0.25, -0.2) is 4.98 Å². The SMILES string of the molecule is C=C(c1cccc(C(/C=C\C=C/C)=C(C)CC)n1)C(C)(C)C. The van der Waals surface area contributed by atoms with E-state index in [9.17, 15) is 0 Å². The highest BCUT2D eigenvalue weighted by Crippen LogP contribution is 2.32. The van der Waals surface area contributed by atoms with Crippen LogP contribution in [0.5, 0.6) is 0 Å². The zero-order valence-electron chi connectivity index (χ0n) is 14.9. The molecule has 1 rings (SSSR count). The van der Waals surface area contributed by atoms with Gasteiger partial charge in [0, 0.05) is 0 Å². The Balaban J connectivity index is 3.31. The lowest BCUT2D eigenvalue weighted by Gasteiger charge is -2.21. The van der Waals surface area contributed by atoms with Crippen LogP contribution in [0.3, 0.4) is 0 Å². The van der Waals surface area contributed by atoms with E-state index in [-0.39, 0.29) is 5.41 Å². The number of hydrogen-bond acceptors (Lipinski definition) is 1. The molecule has 0 bridgehead atoms. The molecule has 0 radical (unpaired) electrons. The molecule has 0 amide bonds. The standard InChI is InChI=1S/C21H29N/c1-8-10-11-13-18(16(3)9-2)20-15-12-14-19(22-20)17(4)21(5,6)7/h8,10-15H,4,9H2,1-3,5-7H3/b10-8-,13-11-,18-16?. The average molecular weight is 295 g/mol. The summed E-state index contributed by atoms with van der Waals surface area (Å²) in [4.78, 5) is 4.85. The molecule has 1 nitrogen and oxygen atoms in total. The lowest BCUT2D eigenvalue weighted by molar-refractivity contribution is 0.566. The highest BCUT2D eigenvalue weighted by Gasteiger charge is 2.18. The van der Waals surface area contributed by atoms with Crippen molar-refractivity contribution in [1.82, 2.24) is 4.98 Å². The van der Waals surface area contributed by atoms with Crippen LogP contribution >= 0.6 is 0 Å². The molecule has 1 heteroatoms. The normalized spacial score (nSPS) is 13.7. The van der Waals surface area contributed by atoms with E-state index in [2.05, 4.69) is 65.5 Å². The highest BCUT2D eigenvalue weighted by molar-refractivity contribution is 5.76. The largest absolute Gasteiger partial charge is 0.248 e. The molecule has 0 saturated carbocycles. The van der Waals surface area contributed by atoms with E-state index >= 15 is 0 Å². The molecule has 0 fully saturated rings. The smallest absolute Gasteiger partial charge is 0.0708 e. The zero-order chi connectivity index (χ0) is 16.8. The third-order valence-electron chi connectivity index (χ3n) is 3.80. The van der Waals surface area contributed by atoms with Gasteiger partial charge in [-0.2, -0.15) is 0 Å². The summed E-state index contributed by atoms with van der Waals surface area (Å²) in [7, 11) is 0. The maximum atomic E-state index is 4.85. The molecule has 1 aromatic heterocycles. The van der Waals surface area contributed by atoms with Gasteiger partial charge >= 0.3 is 0 Å². The van der Waals surface area contributed by atoms with E-state index in [1.807, 2.05) is 25.1 Å². The summed E-state index contributed by atoms with van der Waals surface area (Å²) >= 11 is 0. The molecule has 118 valence electrons. The van der Waals surface area contributed by atoms with Gasteiger partial charge < -0.3 is 0 Å². The Morgan fingerprint density at radius 2 is 1.82 bits per heavy atom. The fourth-order valence-electron chi connectivity index (χ4n) is 2.04. The highest BCUT2D eigenvalue weighted by atomic mass is 14.7. The first-order valence-corrected chi connectivity index (χ1v) is 7.97. The summed E-state index contributed by atoms with van der Waals surface area (Å²) < 4.78 is 0. The zero-order valence-corrected chi connectivity index (χ0v) is 14.9. The Kier molecular flexibility index (Phi) is 6.55. The van der Waals surface area contributed by atoms with Crippen LogP contribution in [-0.4, -0.2) is 4.98 Å². The van der Waals surface area contributed by atoms with Crippen LogP contribution in [0.1, 0.15) is 59.4 Å². The van der Waals surface area contributed by atoms with Crippen LogP contribution in [0.15, 0.2) is 54.7 Å². The van der Waals surface area contributed by atoms with Crippen molar-refractivity contribution in [2.45, 2.75) is 48.0 Å². The van der Waals surface area contributed by atoms with Crippen molar-refractivity contribution in [3.8, 4) is 0 Å². The van der Waals surface area contributed by atoms with Gasteiger partial charge in [0.05, 0.1) is 11.4 Å². The first-order valence-electron chi connectivity index (χ1n) is 7.97. The van der Waals surface area contributed by atoms with Gasteiger partial charge in [0.1, 0.15) is 0 Å². The van der Waals surface area contributed by atoms with Crippen LogP contribution in [0.2, 0.25) is 0 Å². The quantitative estimate of drug-likeness (QED) is 0.568. The fraction of sp³-hybridized carbons (Fsp3) is 0.381. The van der Waals surface area contributed by atoms with Gasteiger partial charge in [0.2, 0.25) is 0 Å². The van der Waals surface area contributed by atoms with Crippen molar-refractivity contribution in [3.63, 3.8) is 0 Å². The van der Waals surface area contributed by atoms with Crippen molar-refractivity contribution in [2.75, 3.05) is 0 Å². The number of allylic oxidation sites excluding steroid dienone is 7. The molecule has 0 aliphatic carbocycles. The maximum absolute atomic E-state index is 4.85. The van der Waals surface area contributed by atoms with Gasteiger partial charge in [-0.3, -0.25) is 0 Å². The van der Waals surface area contributed by atoms with E-state index in [1.54, 1.807) is 0 Å². The summed E-state index contributed by atoms with van der Waals surface area (Å²) in [6.45, 7) is 17.1.